The first kappa shape index (κ1) is 12.2. The maximum atomic E-state index is 9.90. The molecule has 1 aliphatic rings. The Morgan fingerprint density at radius 2 is 2.16 bits per heavy atom. The Kier molecular flexibility index (Phi) is 2.82. The average molecular weight is 268 g/mol. The number of nitrogen functional groups attached to an aromatic ring is 1. The number of H-pyrrole nitrogens is 2. The smallest absolute Gasteiger partial charge is 0.305 e. The van der Waals surface area contributed by atoms with Crippen LogP contribution in [0.4, 0.5) is 5.82 Å². The highest BCUT2D eigenvalue weighted by molar-refractivity contribution is 5.78. The Labute approximate surface area is 107 Å². The Hall–Kier alpha value is -1.81. The van der Waals surface area contributed by atoms with Crippen LogP contribution in [0.2, 0.25) is 0 Å². The predicted molar refractivity (Wildman–Crippen MR) is 61.6 cm³/mol. The van der Waals surface area contributed by atoms with E-state index in [9.17, 15) is 10.2 Å². The number of aromatic nitrogens is 4. The second-order valence-corrected chi connectivity index (χ2v) is 4.38. The number of rotatable bonds is 2. The molecule has 2 aromatic heterocycles. The molecule has 4 atom stereocenters. The molecule has 1 fully saturated rings. The van der Waals surface area contributed by atoms with Crippen molar-refractivity contribution in [3.63, 3.8) is 0 Å². The van der Waals surface area contributed by atoms with E-state index in [1.54, 1.807) is 6.33 Å². The van der Waals surface area contributed by atoms with Crippen molar-refractivity contribution >= 4 is 17.0 Å². The molecule has 0 saturated carbocycles. The maximum Gasteiger partial charge on any atom is 0.305 e. The van der Waals surface area contributed by atoms with Gasteiger partial charge in [-0.25, -0.2) is 4.98 Å². The summed E-state index contributed by atoms with van der Waals surface area (Å²) in [6, 6.07) is 0. The third-order valence-corrected chi connectivity index (χ3v) is 3.18. The van der Waals surface area contributed by atoms with Gasteiger partial charge in [0.25, 0.3) is 0 Å². The summed E-state index contributed by atoms with van der Waals surface area (Å²) >= 11 is 0. The first-order chi connectivity index (χ1) is 9.11. The van der Waals surface area contributed by atoms with Gasteiger partial charge in [0.15, 0.2) is 18.2 Å². The van der Waals surface area contributed by atoms with Gasteiger partial charge < -0.3 is 25.8 Å². The molecule has 3 rings (SSSR count). The number of ether oxygens (including phenoxy) is 1. The molecule has 9 nitrogen and oxygen atoms in total. The second-order valence-electron chi connectivity index (χ2n) is 4.38. The van der Waals surface area contributed by atoms with Crippen LogP contribution in [-0.2, 0) is 4.74 Å². The van der Waals surface area contributed by atoms with E-state index in [1.807, 2.05) is 0 Å². The summed E-state index contributed by atoms with van der Waals surface area (Å²) < 4.78 is 5.35. The van der Waals surface area contributed by atoms with Gasteiger partial charge in [-0.05, 0) is 0 Å². The molecular formula is C10H14N5O4+. The van der Waals surface area contributed by atoms with Crippen LogP contribution in [0.3, 0.4) is 0 Å². The molecule has 0 unspecified atom stereocenters. The van der Waals surface area contributed by atoms with Crippen LogP contribution in [0.25, 0.3) is 11.2 Å². The molecule has 0 bridgehead atoms. The van der Waals surface area contributed by atoms with Gasteiger partial charge in [0.1, 0.15) is 18.3 Å². The van der Waals surface area contributed by atoms with Crippen molar-refractivity contribution in [2.45, 2.75) is 24.4 Å². The highest BCUT2D eigenvalue weighted by atomic mass is 16.6. The van der Waals surface area contributed by atoms with Crippen molar-refractivity contribution in [3.8, 4) is 0 Å². The minimum Gasteiger partial charge on any atom is -0.394 e. The van der Waals surface area contributed by atoms with E-state index in [4.69, 9.17) is 15.6 Å². The van der Waals surface area contributed by atoms with Crippen molar-refractivity contribution in [3.05, 3.63) is 12.2 Å². The lowest BCUT2D eigenvalue weighted by molar-refractivity contribution is -0.347. The number of anilines is 1. The molecule has 2 aromatic rings. The number of aromatic amines is 2. The number of hydrogen-bond acceptors (Lipinski definition) is 7. The lowest BCUT2D eigenvalue weighted by atomic mass is 10.1. The SMILES string of the molecule is Nc1nc([C@@H]2O[C@H](CO)[C@@H](O)[C@@H]2O)nc2[nH+]c[nH]c12. The monoisotopic (exact) mass is 268 g/mol. The Morgan fingerprint density at radius 1 is 1.37 bits per heavy atom. The van der Waals surface area contributed by atoms with Crippen LogP contribution in [-0.4, -0.2) is 55.2 Å². The van der Waals surface area contributed by atoms with Crippen molar-refractivity contribution < 1.29 is 25.0 Å². The molecule has 0 radical (unpaired) electrons. The summed E-state index contributed by atoms with van der Waals surface area (Å²) in [6.07, 6.45) is -2.65. The molecule has 1 saturated heterocycles. The van der Waals surface area contributed by atoms with Crippen LogP contribution in [0.1, 0.15) is 11.9 Å². The van der Waals surface area contributed by atoms with Crippen molar-refractivity contribution in [1.29, 1.82) is 0 Å². The lowest BCUT2D eigenvalue weighted by Gasteiger charge is -2.11. The summed E-state index contributed by atoms with van der Waals surface area (Å²) in [4.78, 5) is 13.9. The van der Waals surface area contributed by atoms with E-state index >= 15 is 0 Å². The lowest BCUT2D eigenvalue weighted by Crippen LogP contribution is -2.32. The molecule has 102 valence electrons. The minimum atomic E-state index is -1.21. The number of hydrogen-bond donors (Lipinski definition) is 5. The number of fused-ring (bicyclic) bond motifs is 1. The number of nitrogens with zero attached hydrogens (tertiary/aromatic N) is 2. The average Bonchev–Trinajstić information content (AvgIpc) is 2.96. The first-order valence-corrected chi connectivity index (χ1v) is 5.76. The summed E-state index contributed by atoms with van der Waals surface area (Å²) in [5, 5.41) is 28.6. The molecule has 3 heterocycles. The second kappa shape index (κ2) is 4.38. The summed E-state index contributed by atoms with van der Waals surface area (Å²) in [5.41, 5.74) is 6.79. The van der Waals surface area contributed by atoms with Crippen LogP contribution in [0, 0.1) is 0 Å². The highest BCUT2D eigenvalue weighted by Crippen LogP contribution is 2.32. The van der Waals surface area contributed by atoms with Crippen LogP contribution in [0.5, 0.6) is 0 Å². The molecule has 9 heteroatoms. The fraction of sp³-hybridized carbons (Fsp3) is 0.500. The van der Waals surface area contributed by atoms with E-state index in [1.165, 1.54) is 0 Å². The van der Waals surface area contributed by atoms with Gasteiger partial charge in [0.05, 0.1) is 6.61 Å². The van der Waals surface area contributed by atoms with E-state index in [0.717, 1.165) is 0 Å². The molecule has 0 spiro atoms. The number of aliphatic hydroxyl groups is 3. The zero-order valence-electron chi connectivity index (χ0n) is 9.82. The van der Waals surface area contributed by atoms with E-state index in [-0.39, 0.29) is 11.6 Å². The fourth-order valence-corrected chi connectivity index (χ4v) is 2.16. The number of aliphatic hydroxyl groups excluding tert-OH is 3. The van der Waals surface area contributed by atoms with Gasteiger partial charge in [0.2, 0.25) is 11.3 Å². The fourth-order valence-electron chi connectivity index (χ4n) is 2.16. The molecule has 7 N–H and O–H groups in total. The maximum absolute atomic E-state index is 9.90. The Morgan fingerprint density at radius 3 is 2.84 bits per heavy atom. The van der Waals surface area contributed by atoms with Gasteiger partial charge in [-0.2, -0.15) is 4.98 Å². The first-order valence-electron chi connectivity index (χ1n) is 5.76. The number of nitrogens with one attached hydrogen (secondary N) is 2. The zero-order chi connectivity index (χ0) is 13.6. The third kappa shape index (κ3) is 1.83. The molecular weight excluding hydrogens is 254 g/mol. The molecule has 19 heavy (non-hydrogen) atoms. The van der Waals surface area contributed by atoms with Crippen LogP contribution < -0.4 is 10.7 Å². The Bertz CT molecular complexity index is 603. The van der Waals surface area contributed by atoms with Crippen molar-refractivity contribution in [1.82, 2.24) is 15.0 Å². The zero-order valence-corrected chi connectivity index (χ0v) is 9.82. The molecule has 0 amide bonds. The Balaban J connectivity index is 2.00. The van der Waals surface area contributed by atoms with Gasteiger partial charge >= 0.3 is 5.65 Å². The topological polar surface area (TPSA) is 152 Å². The van der Waals surface area contributed by atoms with Gasteiger partial charge in [-0.1, -0.05) is 4.98 Å². The van der Waals surface area contributed by atoms with E-state index < -0.39 is 31.0 Å². The van der Waals surface area contributed by atoms with Crippen molar-refractivity contribution in [2.75, 3.05) is 12.3 Å². The van der Waals surface area contributed by atoms with Gasteiger partial charge in [-0.3, -0.25) is 4.98 Å². The summed E-state index contributed by atoms with van der Waals surface area (Å²) in [6.45, 7) is -0.400. The predicted octanol–water partition coefficient (Wildman–Crippen LogP) is -2.49. The van der Waals surface area contributed by atoms with E-state index in [0.29, 0.717) is 11.2 Å². The van der Waals surface area contributed by atoms with Crippen LogP contribution >= 0.6 is 0 Å². The molecule has 0 aliphatic carbocycles. The highest BCUT2D eigenvalue weighted by Gasteiger charge is 2.46. The van der Waals surface area contributed by atoms with E-state index in [2.05, 4.69) is 19.9 Å². The quantitative estimate of drug-likeness (QED) is 0.404. The minimum absolute atomic E-state index is 0.156. The molecule has 0 aromatic carbocycles. The van der Waals surface area contributed by atoms with Gasteiger partial charge in [0, 0.05) is 0 Å². The standard InChI is InChI=1S/C10H13N5O4/c11-8-4-9(13-2-12-4)15-10(14-8)7-6(18)5(17)3(1-16)19-7/h2-3,5-7,16-18H,1H2,(H3,11,12,13,14,15)/p+1/t3-,5-,6+,7-/m1/s1. The number of imidazole rings is 1. The third-order valence-electron chi connectivity index (χ3n) is 3.18. The normalized spacial score (nSPS) is 31.1. The van der Waals surface area contributed by atoms with Gasteiger partial charge in [-0.15, -0.1) is 0 Å². The van der Waals surface area contributed by atoms with Crippen LogP contribution in [0.15, 0.2) is 6.33 Å². The summed E-state index contributed by atoms with van der Waals surface area (Å²) in [7, 11) is 0. The molecule has 1 aliphatic heterocycles. The largest absolute Gasteiger partial charge is 0.394 e. The number of nitrogens with two attached hydrogens (primary N) is 1. The summed E-state index contributed by atoms with van der Waals surface area (Å²) in [5.74, 6) is 0.363. The van der Waals surface area contributed by atoms with Crippen molar-refractivity contribution in [2.24, 2.45) is 0 Å².